The zero-order valence-corrected chi connectivity index (χ0v) is 12.3. The summed E-state index contributed by atoms with van der Waals surface area (Å²) in [5.74, 6) is 0. The van der Waals surface area contributed by atoms with Crippen molar-refractivity contribution in [1.29, 1.82) is 0 Å². The van der Waals surface area contributed by atoms with E-state index in [1.807, 2.05) is 6.07 Å². The number of nitro benzene ring substituents is 1. The Morgan fingerprint density at radius 3 is 2.65 bits per heavy atom. The van der Waals surface area contributed by atoms with Gasteiger partial charge in [0, 0.05) is 30.8 Å². The van der Waals surface area contributed by atoms with Crippen molar-refractivity contribution in [2.75, 3.05) is 20.6 Å². The molecule has 5 heteroatoms. The van der Waals surface area contributed by atoms with Crippen molar-refractivity contribution in [3.05, 3.63) is 39.9 Å². The van der Waals surface area contributed by atoms with Gasteiger partial charge in [-0.15, -0.1) is 0 Å². The van der Waals surface area contributed by atoms with E-state index >= 15 is 0 Å². The lowest BCUT2D eigenvalue weighted by molar-refractivity contribution is -0.384. The molecule has 0 atom stereocenters. The molecule has 1 aromatic carbocycles. The zero-order chi connectivity index (χ0) is 14.6. The van der Waals surface area contributed by atoms with Crippen LogP contribution in [-0.2, 0) is 6.54 Å². The van der Waals surface area contributed by atoms with E-state index in [0.717, 1.165) is 12.1 Å². The molecule has 5 nitrogen and oxygen atoms in total. The van der Waals surface area contributed by atoms with Crippen LogP contribution in [0.3, 0.4) is 0 Å². The molecule has 0 aromatic heterocycles. The summed E-state index contributed by atoms with van der Waals surface area (Å²) in [5.41, 5.74) is 1.37. The molecule has 1 aliphatic rings. The normalized spacial score (nSPS) is 17.6. The molecule has 0 unspecified atom stereocenters. The van der Waals surface area contributed by atoms with E-state index in [4.69, 9.17) is 0 Å². The fraction of sp³-hybridized carbons (Fsp3) is 0.600. The van der Waals surface area contributed by atoms with Crippen LogP contribution >= 0.6 is 0 Å². The minimum absolute atomic E-state index is 0.160. The lowest BCUT2D eigenvalue weighted by atomic mass is 9.96. The maximum atomic E-state index is 10.8. The molecule has 110 valence electrons. The van der Waals surface area contributed by atoms with E-state index in [0.29, 0.717) is 6.54 Å². The van der Waals surface area contributed by atoms with E-state index in [2.05, 4.69) is 24.3 Å². The molecule has 0 bridgehead atoms. The largest absolute Gasteiger partial charge is 0.311 e. The summed E-state index contributed by atoms with van der Waals surface area (Å²) < 4.78 is 0. The second-order valence-electron chi connectivity index (χ2n) is 5.86. The van der Waals surface area contributed by atoms with Gasteiger partial charge in [0.1, 0.15) is 0 Å². The van der Waals surface area contributed by atoms with Gasteiger partial charge in [0.15, 0.2) is 0 Å². The predicted octanol–water partition coefficient (Wildman–Crippen LogP) is 2.56. The van der Waals surface area contributed by atoms with Gasteiger partial charge in [0.2, 0.25) is 0 Å². The van der Waals surface area contributed by atoms with Gasteiger partial charge in [-0.2, -0.15) is 0 Å². The molecule has 0 amide bonds. The summed E-state index contributed by atoms with van der Waals surface area (Å²) in [6, 6.07) is 6.84. The van der Waals surface area contributed by atoms with Gasteiger partial charge >= 0.3 is 0 Å². The van der Waals surface area contributed by atoms with Crippen LogP contribution in [0.1, 0.15) is 31.2 Å². The highest BCUT2D eigenvalue weighted by molar-refractivity contribution is 5.34. The number of nitro groups is 1. The fourth-order valence-corrected chi connectivity index (χ4v) is 3.03. The van der Waals surface area contributed by atoms with Crippen LogP contribution in [0.5, 0.6) is 0 Å². The van der Waals surface area contributed by atoms with Crippen LogP contribution in [0.25, 0.3) is 0 Å². The van der Waals surface area contributed by atoms with Crippen molar-refractivity contribution in [2.24, 2.45) is 0 Å². The van der Waals surface area contributed by atoms with Crippen LogP contribution in [0.2, 0.25) is 0 Å². The minimum atomic E-state index is -0.345. The number of likely N-dealkylation sites (N-methyl/N-ethyl adjacent to an activating group) is 1. The predicted molar refractivity (Wildman–Crippen MR) is 79.7 cm³/mol. The molecule has 0 aliphatic heterocycles. The van der Waals surface area contributed by atoms with E-state index in [9.17, 15) is 10.1 Å². The Hall–Kier alpha value is -1.46. The Morgan fingerprint density at radius 2 is 2.05 bits per heavy atom. The number of hydrogen-bond donors (Lipinski definition) is 1. The van der Waals surface area contributed by atoms with Crippen LogP contribution in [0, 0.1) is 10.1 Å². The standard InChI is InChI=1S/C15H23N3O2/c1-17(2)15(8-3-4-9-15)12-16-11-13-6-5-7-14(10-13)18(19)20/h5-7,10,16H,3-4,8-9,11-12H2,1-2H3. The van der Waals surface area contributed by atoms with Crippen molar-refractivity contribution >= 4 is 5.69 Å². The maximum Gasteiger partial charge on any atom is 0.269 e. The van der Waals surface area contributed by atoms with Gasteiger partial charge in [-0.3, -0.25) is 10.1 Å². The highest BCUT2D eigenvalue weighted by Crippen LogP contribution is 2.33. The number of rotatable bonds is 6. The fourth-order valence-electron chi connectivity index (χ4n) is 3.03. The van der Waals surface area contributed by atoms with E-state index in [1.165, 1.54) is 31.7 Å². The molecule has 0 saturated heterocycles. The first kappa shape index (κ1) is 14.9. The lowest BCUT2D eigenvalue weighted by Crippen LogP contribution is -2.49. The SMILES string of the molecule is CN(C)C1(CNCc2cccc([N+](=O)[O-])c2)CCCC1. The Morgan fingerprint density at radius 1 is 1.35 bits per heavy atom. The van der Waals surface area contributed by atoms with Gasteiger partial charge in [-0.1, -0.05) is 25.0 Å². The van der Waals surface area contributed by atoms with E-state index in [1.54, 1.807) is 12.1 Å². The first-order valence-electron chi connectivity index (χ1n) is 7.15. The smallest absolute Gasteiger partial charge is 0.269 e. The summed E-state index contributed by atoms with van der Waals surface area (Å²) in [7, 11) is 4.28. The molecule has 1 N–H and O–H groups in total. The monoisotopic (exact) mass is 277 g/mol. The molecule has 1 aromatic rings. The van der Waals surface area contributed by atoms with Gasteiger partial charge in [-0.25, -0.2) is 0 Å². The first-order valence-corrected chi connectivity index (χ1v) is 7.15. The molecule has 0 heterocycles. The van der Waals surface area contributed by atoms with Crippen molar-refractivity contribution < 1.29 is 4.92 Å². The van der Waals surface area contributed by atoms with E-state index < -0.39 is 0 Å². The van der Waals surface area contributed by atoms with Gasteiger partial charge in [0.25, 0.3) is 5.69 Å². The quantitative estimate of drug-likeness (QED) is 0.641. The number of hydrogen-bond acceptors (Lipinski definition) is 4. The Balaban J connectivity index is 1.92. The van der Waals surface area contributed by atoms with Gasteiger partial charge in [0.05, 0.1) is 4.92 Å². The van der Waals surface area contributed by atoms with Crippen LogP contribution in [0.15, 0.2) is 24.3 Å². The number of nitrogens with zero attached hydrogens (tertiary/aromatic N) is 2. The molecule has 1 saturated carbocycles. The summed E-state index contributed by atoms with van der Waals surface area (Å²) in [4.78, 5) is 12.7. The molecule has 0 spiro atoms. The third-order valence-electron chi connectivity index (χ3n) is 4.39. The van der Waals surface area contributed by atoms with Crippen molar-refractivity contribution in [1.82, 2.24) is 10.2 Å². The Bertz CT molecular complexity index is 468. The second kappa shape index (κ2) is 6.33. The maximum absolute atomic E-state index is 10.8. The van der Waals surface area contributed by atoms with Crippen LogP contribution < -0.4 is 5.32 Å². The number of benzene rings is 1. The third-order valence-corrected chi connectivity index (χ3v) is 4.39. The highest BCUT2D eigenvalue weighted by Gasteiger charge is 2.35. The highest BCUT2D eigenvalue weighted by atomic mass is 16.6. The van der Waals surface area contributed by atoms with Crippen molar-refractivity contribution in [3.8, 4) is 0 Å². The van der Waals surface area contributed by atoms with Crippen molar-refractivity contribution in [2.45, 2.75) is 37.8 Å². The van der Waals surface area contributed by atoms with E-state index in [-0.39, 0.29) is 16.1 Å². The van der Waals surface area contributed by atoms with Gasteiger partial charge < -0.3 is 10.2 Å². The summed E-state index contributed by atoms with van der Waals surface area (Å²) >= 11 is 0. The molecule has 2 rings (SSSR count). The molecule has 20 heavy (non-hydrogen) atoms. The van der Waals surface area contributed by atoms with Crippen LogP contribution in [-0.4, -0.2) is 36.0 Å². The summed E-state index contributed by atoms with van der Waals surface area (Å²) in [6.45, 7) is 1.61. The molecule has 1 fully saturated rings. The lowest BCUT2D eigenvalue weighted by Gasteiger charge is -2.36. The summed E-state index contributed by atoms with van der Waals surface area (Å²) in [5, 5.41) is 14.2. The number of non-ortho nitro benzene ring substituents is 1. The molecular weight excluding hydrogens is 254 g/mol. The molecule has 0 radical (unpaired) electrons. The topological polar surface area (TPSA) is 58.4 Å². The van der Waals surface area contributed by atoms with Crippen LogP contribution in [0.4, 0.5) is 5.69 Å². The third kappa shape index (κ3) is 3.35. The minimum Gasteiger partial charge on any atom is -0.311 e. The van der Waals surface area contributed by atoms with Gasteiger partial charge in [-0.05, 0) is 32.5 Å². The Kier molecular flexibility index (Phi) is 4.73. The Labute approximate surface area is 120 Å². The van der Waals surface area contributed by atoms with Crippen molar-refractivity contribution in [3.63, 3.8) is 0 Å². The zero-order valence-electron chi connectivity index (χ0n) is 12.3. The second-order valence-corrected chi connectivity index (χ2v) is 5.86. The average Bonchev–Trinajstić information content (AvgIpc) is 2.89. The first-order chi connectivity index (χ1) is 9.53. The average molecular weight is 277 g/mol. The molecular formula is C15H23N3O2. The summed E-state index contributed by atoms with van der Waals surface area (Å²) in [6.07, 6.45) is 5.03. The number of nitrogens with one attached hydrogen (secondary N) is 1. The molecule has 1 aliphatic carbocycles.